The van der Waals surface area contributed by atoms with Crippen molar-refractivity contribution < 1.29 is 15.0 Å². The van der Waals surface area contributed by atoms with Crippen molar-refractivity contribution in [2.45, 2.75) is 38.8 Å². The van der Waals surface area contributed by atoms with Crippen molar-refractivity contribution in [3.8, 4) is 0 Å². The average Bonchev–Trinajstić information content (AvgIpc) is 2.79. The summed E-state index contributed by atoms with van der Waals surface area (Å²) in [4.78, 5) is 11.6. The first kappa shape index (κ1) is 15.1. The van der Waals surface area contributed by atoms with Gasteiger partial charge < -0.3 is 15.5 Å². The van der Waals surface area contributed by atoms with Crippen LogP contribution in [-0.2, 0) is 4.79 Å². The first-order valence-corrected chi connectivity index (χ1v) is 7.05. The molecule has 18 heavy (non-hydrogen) atoms. The summed E-state index contributed by atoms with van der Waals surface area (Å²) in [5.74, 6) is -0.338. The molecule has 0 fully saturated rings. The minimum atomic E-state index is -0.896. The van der Waals surface area contributed by atoms with Gasteiger partial charge in [-0.1, -0.05) is 19.9 Å². The topological polar surface area (TPSA) is 69.6 Å². The molecule has 2 unspecified atom stereocenters. The zero-order valence-corrected chi connectivity index (χ0v) is 11.6. The maximum atomic E-state index is 10.8. The molecule has 0 saturated carbocycles. The summed E-state index contributed by atoms with van der Waals surface area (Å²) in [5, 5.41) is 24.1. The lowest BCUT2D eigenvalue weighted by molar-refractivity contribution is -0.138. The Morgan fingerprint density at radius 3 is 2.72 bits per heavy atom. The quantitative estimate of drug-likeness (QED) is 0.678. The third kappa shape index (κ3) is 5.16. The van der Waals surface area contributed by atoms with Crippen LogP contribution in [0.15, 0.2) is 17.5 Å². The van der Waals surface area contributed by atoms with Crippen molar-refractivity contribution in [2.24, 2.45) is 5.92 Å². The molecule has 2 atom stereocenters. The number of aliphatic hydroxyl groups excluding tert-OH is 1. The molecule has 0 aliphatic carbocycles. The number of aliphatic carboxylic acids is 1. The summed E-state index contributed by atoms with van der Waals surface area (Å²) in [6, 6.07) is 3.25. The van der Waals surface area contributed by atoms with E-state index in [1.54, 1.807) is 0 Å². The summed E-state index contributed by atoms with van der Waals surface area (Å²) in [6.45, 7) is 4.95. The molecule has 102 valence electrons. The maximum absolute atomic E-state index is 10.8. The zero-order chi connectivity index (χ0) is 13.5. The van der Waals surface area contributed by atoms with Crippen LogP contribution in [0.2, 0.25) is 0 Å². The minimum absolute atomic E-state index is 0.0723. The molecule has 0 radical (unpaired) electrons. The van der Waals surface area contributed by atoms with Gasteiger partial charge in [-0.15, -0.1) is 11.3 Å². The molecule has 0 saturated heterocycles. The molecule has 3 N–H and O–H groups in total. The number of nitrogens with one attached hydrogen (secondary N) is 1. The molecule has 1 rings (SSSR count). The predicted molar refractivity (Wildman–Crippen MR) is 72.8 cm³/mol. The largest absolute Gasteiger partial charge is 0.481 e. The second kappa shape index (κ2) is 7.51. The Labute approximate surface area is 112 Å². The Morgan fingerprint density at radius 2 is 2.22 bits per heavy atom. The van der Waals surface area contributed by atoms with Gasteiger partial charge in [-0.05, 0) is 30.3 Å². The monoisotopic (exact) mass is 271 g/mol. The summed E-state index contributed by atoms with van der Waals surface area (Å²) in [5.41, 5.74) is 0. The highest BCUT2D eigenvalue weighted by molar-refractivity contribution is 7.10. The fourth-order valence-electron chi connectivity index (χ4n) is 1.70. The summed E-state index contributed by atoms with van der Waals surface area (Å²) in [7, 11) is 0. The number of aliphatic hydroxyl groups is 1. The van der Waals surface area contributed by atoms with Crippen LogP contribution in [-0.4, -0.2) is 28.8 Å². The second-order valence-corrected chi connectivity index (χ2v) is 5.78. The summed E-state index contributed by atoms with van der Waals surface area (Å²) in [6.07, 6.45) is 0.137. The molecule has 0 spiro atoms. The van der Waals surface area contributed by atoms with E-state index in [-0.39, 0.29) is 6.42 Å². The zero-order valence-electron chi connectivity index (χ0n) is 10.8. The van der Waals surface area contributed by atoms with E-state index in [0.29, 0.717) is 5.92 Å². The lowest BCUT2D eigenvalue weighted by Gasteiger charge is -2.22. The van der Waals surface area contributed by atoms with Crippen molar-refractivity contribution in [3.63, 3.8) is 0 Å². The van der Waals surface area contributed by atoms with Gasteiger partial charge in [0.15, 0.2) is 0 Å². The highest BCUT2D eigenvalue weighted by Gasteiger charge is 2.23. The lowest BCUT2D eigenvalue weighted by Crippen LogP contribution is -2.37. The average molecular weight is 271 g/mol. The maximum Gasteiger partial charge on any atom is 0.305 e. The SMILES string of the molecule is CC(C)CCNC(CC(=O)O)C(O)c1cccs1. The van der Waals surface area contributed by atoms with E-state index >= 15 is 0 Å². The van der Waals surface area contributed by atoms with Crippen LogP contribution in [0.25, 0.3) is 0 Å². The normalized spacial score (nSPS) is 14.7. The van der Waals surface area contributed by atoms with Crippen molar-refractivity contribution in [1.82, 2.24) is 5.32 Å². The fraction of sp³-hybridized carbons (Fsp3) is 0.615. The fourth-order valence-corrected chi connectivity index (χ4v) is 2.47. The van der Waals surface area contributed by atoms with E-state index in [9.17, 15) is 9.90 Å². The van der Waals surface area contributed by atoms with E-state index < -0.39 is 18.1 Å². The van der Waals surface area contributed by atoms with Crippen molar-refractivity contribution in [1.29, 1.82) is 0 Å². The van der Waals surface area contributed by atoms with Crippen LogP contribution < -0.4 is 5.32 Å². The Bertz CT molecular complexity index is 351. The second-order valence-electron chi connectivity index (χ2n) is 4.80. The minimum Gasteiger partial charge on any atom is -0.481 e. The summed E-state index contributed by atoms with van der Waals surface area (Å²) >= 11 is 1.44. The molecule has 4 nitrogen and oxygen atoms in total. The van der Waals surface area contributed by atoms with Crippen LogP contribution in [0.1, 0.15) is 37.7 Å². The van der Waals surface area contributed by atoms with Gasteiger partial charge in [0.2, 0.25) is 0 Å². The highest BCUT2D eigenvalue weighted by Crippen LogP contribution is 2.23. The van der Waals surface area contributed by atoms with E-state index in [2.05, 4.69) is 19.2 Å². The van der Waals surface area contributed by atoms with Crippen LogP contribution in [0.4, 0.5) is 0 Å². The molecule has 1 heterocycles. The molecular formula is C13H21NO3S. The van der Waals surface area contributed by atoms with Gasteiger partial charge >= 0.3 is 5.97 Å². The number of hydrogen-bond acceptors (Lipinski definition) is 4. The Hall–Kier alpha value is -0.910. The molecule has 0 amide bonds. The van der Waals surface area contributed by atoms with Crippen molar-refractivity contribution in [2.75, 3.05) is 6.54 Å². The third-order valence-electron chi connectivity index (χ3n) is 2.74. The van der Waals surface area contributed by atoms with Gasteiger partial charge in [-0.25, -0.2) is 0 Å². The van der Waals surface area contributed by atoms with Crippen LogP contribution in [0, 0.1) is 5.92 Å². The Morgan fingerprint density at radius 1 is 1.50 bits per heavy atom. The standard InChI is InChI=1S/C13H21NO3S/c1-9(2)5-6-14-10(8-12(15)16)13(17)11-4-3-7-18-11/h3-4,7,9-10,13-14,17H,5-6,8H2,1-2H3,(H,15,16). The lowest BCUT2D eigenvalue weighted by atomic mass is 10.0. The molecular weight excluding hydrogens is 250 g/mol. The van der Waals surface area contributed by atoms with E-state index in [4.69, 9.17) is 5.11 Å². The van der Waals surface area contributed by atoms with Gasteiger partial charge in [0.05, 0.1) is 6.42 Å². The molecule has 1 aromatic rings. The third-order valence-corrected chi connectivity index (χ3v) is 3.68. The van der Waals surface area contributed by atoms with Gasteiger partial charge in [0, 0.05) is 10.9 Å². The molecule has 0 aliphatic rings. The molecule has 1 aromatic heterocycles. The number of rotatable bonds is 8. The van der Waals surface area contributed by atoms with Gasteiger partial charge in [-0.3, -0.25) is 4.79 Å². The van der Waals surface area contributed by atoms with Crippen LogP contribution in [0.3, 0.4) is 0 Å². The highest BCUT2D eigenvalue weighted by atomic mass is 32.1. The van der Waals surface area contributed by atoms with E-state index in [1.807, 2.05) is 17.5 Å². The van der Waals surface area contributed by atoms with Crippen molar-refractivity contribution >= 4 is 17.3 Å². The number of thiophene rings is 1. The van der Waals surface area contributed by atoms with Gasteiger partial charge in [0.25, 0.3) is 0 Å². The first-order chi connectivity index (χ1) is 8.50. The molecule has 0 aliphatic heterocycles. The van der Waals surface area contributed by atoms with Crippen LogP contribution in [0.5, 0.6) is 0 Å². The Kier molecular flexibility index (Phi) is 6.32. The number of carboxylic acid groups (broad SMARTS) is 1. The van der Waals surface area contributed by atoms with Crippen molar-refractivity contribution in [3.05, 3.63) is 22.4 Å². The molecule has 5 heteroatoms. The molecule has 0 bridgehead atoms. The summed E-state index contributed by atoms with van der Waals surface area (Å²) < 4.78 is 0. The van der Waals surface area contributed by atoms with Crippen LogP contribution >= 0.6 is 11.3 Å². The van der Waals surface area contributed by atoms with Gasteiger partial charge in [0.1, 0.15) is 6.10 Å². The van der Waals surface area contributed by atoms with E-state index in [1.165, 1.54) is 11.3 Å². The first-order valence-electron chi connectivity index (χ1n) is 6.17. The number of carboxylic acids is 1. The number of hydrogen-bond donors (Lipinski definition) is 3. The smallest absolute Gasteiger partial charge is 0.305 e. The van der Waals surface area contributed by atoms with E-state index in [0.717, 1.165) is 17.8 Å². The predicted octanol–water partition coefficient (Wildman–Crippen LogP) is 2.26. The number of carbonyl (C=O) groups is 1. The van der Waals surface area contributed by atoms with Gasteiger partial charge in [-0.2, -0.15) is 0 Å². The Balaban J connectivity index is 2.57. The molecule has 0 aromatic carbocycles.